The third-order valence-electron chi connectivity index (χ3n) is 4.07. The monoisotopic (exact) mass is 384 g/mol. The summed E-state index contributed by atoms with van der Waals surface area (Å²) in [5.41, 5.74) is -1.32. The zero-order valence-electron chi connectivity index (χ0n) is 15.5. The molecule has 5 nitrogen and oxygen atoms in total. The van der Waals surface area contributed by atoms with Crippen LogP contribution in [0.1, 0.15) is 29.1 Å². The normalized spacial score (nSPS) is 15.0. The highest BCUT2D eigenvalue weighted by molar-refractivity contribution is 6.33. The lowest BCUT2D eigenvalue weighted by molar-refractivity contribution is 0.358. The third-order valence-corrected chi connectivity index (χ3v) is 4.34. The highest BCUT2D eigenvalue weighted by atomic mass is 35.5. The standard InChI is InChI=1S/C17H17ClF3N5/c1-8(17(2,3)4)24-15-13(12-10(20)5-9(19)6-11(12)21)14(18)25-16-22-7-23-26(15)16/h5-8,24H,1-4H3/t8-/m0/s1/i8D. The highest BCUT2D eigenvalue weighted by Crippen LogP contribution is 2.38. The first-order chi connectivity index (χ1) is 12.4. The van der Waals surface area contributed by atoms with Crippen LogP contribution in [0.2, 0.25) is 5.15 Å². The van der Waals surface area contributed by atoms with Crippen LogP contribution in [-0.2, 0) is 0 Å². The molecule has 0 aliphatic rings. The van der Waals surface area contributed by atoms with E-state index in [-0.39, 0.29) is 22.3 Å². The van der Waals surface area contributed by atoms with Gasteiger partial charge in [0.25, 0.3) is 5.78 Å². The van der Waals surface area contributed by atoms with Crippen molar-refractivity contribution in [2.45, 2.75) is 33.7 Å². The topological polar surface area (TPSA) is 55.1 Å². The minimum Gasteiger partial charge on any atom is -0.366 e. The van der Waals surface area contributed by atoms with E-state index in [1.807, 2.05) is 20.8 Å². The number of fused-ring (bicyclic) bond motifs is 1. The molecule has 0 amide bonds. The Labute approximate surface area is 154 Å². The second kappa shape index (κ2) is 6.42. The van der Waals surface area contributed by atoms with Crippen LogP contribution in [0.25, 0.3) is 16.9 Å². The Morgan fingerprint density at radius 2 is 1.81 bits per heavy atom. The zero-order chi connectivity index (χ0) is 20.1. The van der Waals surface area contributed by atoms with Gasteiger partial charge in [0.05, 0.1) is 12.5 Å². The van der Waals surface area contributed by atoms with Gasteiger partial charge in [-0.2, -0.15) is 19.6 Å². The lowest BCUT2D eigenvalue weighted by Gasteiger charge is -2.30. The fourth-order valence-corrected chi connectivity index (χ4v) is 2.56. The highest BCUT2D eigenvalue weighted by Gasteiger charge is 2.27. The summed E-state index contributed by atoms with van der Waals surface area (Å²) < 4.78 is 52.1. The van der Waals surface area contributed by atoms with E-state index >= 15 is 0 Å². The van der Waals surface area contributed by atoms with Crippen LogP contribution < -0.4 is 5.32 Å². The summed E-state index contributed by atoms with van der Waals surface area (Å²) >= 11 is 6.21. The minimum absolute atomic E-state index is 0.0272. The van der Waals surface area contributed by atoms with E-state index in [1.54, 1.807) is 6.92 Å². The smallest absolute Gasteiger partial charge is 0.255 e. The molecule has 1 aromatic carbocycles. The molecule has 0 aliphatic carbocycles. The van der Waals surface area contributed by atoms with Gasteiger partial charge in [-0.05, 0) is 12.3 Å². The van der Waals surface area contributed by atoms with Gasteiger partial charge in [0.1, 0.15) is 34.7 Å². The molecule has 0 aliphatic heterocycles. The van der Waals surface area contributed by atoms with Gasteiger partial charge in [0.2, 0.25) is 0 Å². The van der Waals surface area contributed by atoms with Crippen molar-refractivity contribution in [2.75, 3.05) is 5.32 Å². The molecule has 0 spiro atoms. The predicted octanol–water partition coefficient (Wildman–Crippen LogP) is 4.71. The summed E-state index contributed by atoms with van der Waals surface area (Å²) in [5.74, 6) is -3.25. The van der Waals surface area contributed by atoms with Crippen LogP contribution in [0.15, 0.2) is 18.5 Å². The summed E-state index contributed by atoms with van der Waals surface area (Å²) in [5, 5.41) is 6.69. The SMILES string of the molecule is [2H][C@@](C)(Nc1c(-c2c(F)cc(F)cc2F)c(Cl)nc2ncnn12)C(C)(C)C. The van der Waals surface area contributed by atoms with Crippen molar-refractivity contribution >= 4 is 23.2 Å². The fraction of sp³-hybridized carbons (Fsp3) is 0.353. The predicted molar refractivity (Wildman–Crippen MR) is 93.6 cm³/mol. The summed E-state index contributed by atoms with van der Waals surface area (Å²) in [6.07, 6.45) is 1.20. The van der Waals surface area contributed by atoms with Crippen LogP contribution in [-0.4, -0.2) is 25.6 Å². The molecule has 1 atom stereocenters. The number of nitrogens with zero attached hydrogens (tertiary/aromatic N) is 4. The molecule has 9 heteroatoms. The van der Waals surface area contributed by atoms with Crippen molar-refractivity contribution < 1.29 is 14.5 Å². The van der Waals surface area contributed by atoms with Crippen molar-refractivity contribution in [2.24, 2.45) is 5.41 Å². The minimum atomic E-state index is -1.29. The lowest BCUT2D eigenvalue weighted by Crippen LogP contribution is -2.32. The first-order valence-corrected chi connectivity index (χ1v) is 8.12. The number of halogens is 4. The lowest BCUT2D eigenvalue weighted by atomic mass is 9.88. The number of aromatic nitrogens is 4. The largest absolute Gasteiger partial charge is 0.366 e. The maximum absolute atomic E-state index is 14.5. The number of rotatable bonds is 3. The molecule has 26 heavy (non-hydrogen) atoms. The number of hydrogen-bond acceptors (Lipinski definition) is 4. The average Bonchev–Trinajstić information content (AvgIpc) is 2.95. The quantitative estimate of drug-likeness (QED) is 0.664. The molecule has 138 valence electrons. The second-order valence-corrected chi connectivity index (χ2v) is 7.20. The molecule has 1 N–H and O–H groups in total. The second-order valence-electron chi connectivity index (χ2n) is 6.84. The maximum atomic E-state index is 14.5. The van der Waals surface area contributed by atoms with E-state index < -0.39 is 34.4 Å². The summed E-state index contributed by atoms with van der Waals surface area (Å²) in [6.45, 7) is 7.08. The van der Waals surface area contributed by atoms with E-state index in [4.69, 9.17) is 13.0 Å². The third kappa shape index (κ3) is 3.21. The van der Waals surface area contributed by atoms with Gasteiger partial charge in [0.15, 0.2) is 0 Å². The van der Waals surface area contributed by atoms with Gasteiger partial charge in [-0.15, -0.1) is 0 Å². The Bertz CT molecular complexity index is 1010. The number of anilines is 1. The van der Waals surface area contributed by atoms with Gasteiger partial charge in [0, 0.05) is 18.2 Å². The van der Waals surface area contributed by atoms with E-state index in [0.717, 1.165) is 0 Å². The van der Waals surface area contributed by atoms with Crippen molar-refractivity contribution in [3.63, 3.8) is 0 Å². The Kier molecular flexibility index (Phi) is 4.22. The number of benzene rings is 1. The molecule has 0 saturated heterocycles. The van der Waals surface area contributed by atoms with Crippen molar-refractivity contribution in [1.82, 2.24) is 19.6 Å². The Morgan fingerprint density at radius 1 is 1.19 bits per heavy atom. The fourth-order valence-electron chi connectivity index (χ4n) is 2.30. The van der Waals surface area contributed by atoms with Gasteiger partial charge in [-0.1, -0.05) is 32.4 Å². The molecule has 3 rings (SSSR count). The molecular formula is C17H17ClF3N5. The molecule has 0 fully saturated rings. The molecule has 0 unspecified atom stereocenters. The molecule has 0 bridgehead atoms. The maximum Gasteiger partial charge on any atom is 0.255 e. The Hall–Kier alpha value is -2.35. The van der Waals surface area contributed by atoms with Crippen molar-refractivity contribution in [1.29, 1.82) is 0 Å². The van der Waals surface area contributed by atoms with Gasteiger partial charge in [-0.3, -0.25) is 0 Å². The molecule has 2 aromatic heterocycles. The summed E-state index contributed by atoms with van der Waals surface area (Å²) in [6, 6.07) is -0.195. The van der Waals surface area contributed by atoms with Gasteiger partial charge in [-0.25, -0.2) is 13.2 Å². The van der Waals surface area contributed by atoms with Crippen molar-refractivity contribution in [3.8, 4) is 11.1 Å². The van der Waals surface area contributed by atoms with Gasteiger partial charge >= 0.3 is 0 Å². The number of nitrogens with one attached hydrogen (secondary N) is 1. The van der Waals surface area contributed by atoms with Crippen LogP contribution in [0, 0.1) is 22.9 Å². The van der Waals surface area contributed by atoms with Gasteiger partial charge < -0.3 is 5.32 Å². The van der Waals surface area contributed by atoms with E-state index in [2.05, 4.69) is 20.4 Å². The summed E-state index contributed by atoms with van der Waals surface area (Å²) in [7, 11) is 0. The van der Waals surface area contributed by atoms with E-state index in [9.17, 15) is 13.2 Å². The molecule has 0 radical (unpaired) electrons. The average molecular weight is 385 g/mol. The van der Waals surface area contributed by atoms with Crippen LogP contribution in [0.3, 0.4) is 0 Å². The van der Waals surface area contributed by atoms with Crippen LogP contribution >= 0.6 is 11.6 Å². The zero-order valence-corrected chi connectivity index (χ0v) is 15.3. The summed E-state index contributed by atoms with van der Waals surface area (Å²) in [4.78, 5) is 7.93. The first kappa shape index (κ1) is 17.1. The molecule has 3 aromatic rings. The van der Waals surface area contributed by atoms with E-state index in [1.165, 1.54) is 10.8 Å². The Balaban J connectivity index is 2.36. The molecular weight excluding hydrogens is 367 g/mol. The molecule has 0 saturated carbocycles. The van der Waals surface area contributed by atoms with Crippen LogP contribution in [0.4, 0.5) is 19.0 Å². The number of hydrogen-bond donors (Lipinski definition) is 1. The first-order valence-electron chi connectivity index (χ1n) is 8.25. The van der Waals surface area contributed by atoms with Crippen molar-refractivity contribution in [3.05, 3.63) is 41.1 Å². The van der Waals surface area contributed by atoms with Crippen LogP contribution in [0.5, 0.6) is 0 Å². The van der Waals surface area contributed by atoms with E-state index in [0.29, 0.717) is 12.1 Å². The molecule has 2 heterocycles. The Morgan fingerprint density at radius 3 is 2.38 bits per heavy atom.